The highest BCUT2D eigenvalue weighted by Crippen LogP contribution is 2.25. The second-order valence-corrected chi connectivity index (χ2v) is 6.51. The van der Waals surface area contributed by atoms with Gasteiger partial charge in [-0.3, -0.25) is 5.43 Å². The van der Waals surface area contributed by atoms with Crippen molar-refractivity contribution >= 4 is 38.7 Å². The van der Waals surface area contributed by atoms with Crippen LogP contribution >= 0.6 is 27.3 Å². The van der Waals surface area contributed by atoms with E-state index in [0.717, 1.165) is 15.7 Å². The van der Waals surface area contributed by atoms with Crippen molar-refractivity contribution in [3.8, 4) is 17.3 Å². The second-order valence-electron chi connectivity index (χ2n) is 4.74. The summed E-state index contributed by atoms with van der Waals surface area (Å²) in [5.41, 5.74) is 5.23. The molecule has 0 radical (unpaired) electrons. The maximum absolute atomic E-state index is 12.9. The number of rotatable bonds is 4. The fraction of sp³-hybridized carbons (Fsp3) is 0. The van der Waals surface area contributed by atoms with Crippen LogP contribution in [0.25, 0.3) is 11.3 Å². The molecule has 4 nitrogen and oxygen atoms in total. The number of nitrogens with zero attached hydrogens (tertiary/aromatic N) is 3. The van der Waals surface area contributed by atoms with E-state index in [1.54, 1.807) is 12.1 Å². The summed E-state index contributed by atoms with van der Waals surface area (Å²) in [6.45, 7) is 0. The molecule has 24 heavy (non-hydrogen) atoms. The van der Waals surface area contributed by atoms with E-state index in [2.05, 4.69) is 31.4 Å². The Bertz CT molecular complexity index is 928. The molecule has 3 rings (SSSR count). The van der Waals surface area contributed by atoms with E-state index >= 15 is 0 Å². The van der Waals surface area contributed by atoms with E-state index in [1.807, 2.05) is 35.7 Å². The zero-order chi connectivity index (χ0) is 16.9. The van der Waals surface area contributed by atoms with Crippen LogP contribution in [-0.2, 0) is 0 Å². The molecular formula is C17H10BrFN4S. The summed E-state index contributed by atoms with van der Waals surface area (Å²) in [6.07, 6.45) is 0. The van der Waals surface area contributed by atoms with E-state index in [0.29, 0.717) is 10.7 Å². The fourth-order valence-electron chi connectivity index (χ4n) is 1.93. The van der Waals surface area contributed by atoms with Gasteiger partial charge in [0.15, 0.2) is 10.7 Å². The van der Waals surface area contributed by atoms with E-state index in [4.69, 9.17) is 0 Å². The predicted molar refractivity (Wildman–Crippen MR) is 97.4 cm³/mol. The first-order chi connectivity index (χ1) is 11.7. The molecule has 1 N–H and O–H groups in total. The SMILES string of the molecule is N#C/C(=N\Nc1ccc(F)cc1)c1nc(-c2cccc(Br)c2)cs1. The van der Waals surface area contributed by atoms with Gasteiger partial charge in [0.2, 0.25) is 0 Å². The van der Waals surface area contributed by atoms with Gasteiger partial charge < -0.3 is 0 Å². The number of nitrogens with one attached hydrogen (secondary N) is 1. The molecular weight excluding hydrogens is 391 g/mol. The van der Waals surface area contributed by atoms with Gasteiger partial charge in [0.1, 0.15) is 11.9 Å². The Kier molecular flexibility index (Phi) is 4.99. The molecule has 0 saturated heterocycles. The van der Waals surface area contributed by atoms with Crippen LogP contribution in [0.3, 0.4) is 0 Å². The predicted octanol–water partition coefficient (Wildman–Crippen LogP) is 5.05. The van der Waals surface area contributed by atoms with Gasteiger partial charge in [-0.05, 0) is 36.4 Å². The summed E-state index contributed by atoms with van der Waals surface area (Å²) in [5.74, 6) is -0.330. The van der Waals surface area contributed by atoms with Gasteiger partial charge in [0, 0.05) is 15.4 Å². The smallest absolute Gasteiger partial charge is 0.196 e. The van der Waals surface area contributed by atoms with Gasteiger partial charge in [-0.25, -0.2) is 9.37 Å². The normalized spacial score (nSPS) is 11.1. The van der Waals surface area contributed by atoms with Crippen molar-refractivity contribution in [2.75, 3.05) is 5.43 Å². The Morgan fingerprint density at radius 3 is 2.75 bits per heavy atom. The highest BCUT2D eigenvalue weighted by Gasteiger charge is 2.10. The van der Waals surface area contributed by atoms with Gasteiger partial charge >= 0.3 is 0 Å². The van der Waals surface area contributed by atoms with Gasteiger partial charge in [0.05, 0.1) is 11.4 Å². The van der Waals surface area contributed by atoms with Crippen molar-refractivity contribution in [3.05, 3.63) is 69.2 Å². The maximum atomic E-state index is 12.9. The minimum absolute atomic E-state index is 0.172. The molecule has 0 saturated carbocycles. The second kappa shape index (κ2) is 7.34. The largest absolute Gasteiger partial charge is 0.277 e. The molecule has 1 aromatic heterocycles. The fourth-order valence-corrected chi connectivity index (χ4v) is 3.09. The van der Waals surface area contributed by atoms with E-state index < -0.39 is 0 Å². The number of nitriles is 1. The molecule has 0 atom stereocenters. The van der Waals surface area contributed by atoms with Crippen molar-refractivity contribution in [1.82, 2.24) is 4.98 Å². The number of hydrazone groups is 1. The number of aromatic nitrogens is 1. The average molecular weight is 401 g/mol. The quantitative estimate of drug-likeness (QED) is 0.492. The molecule has 0 unspecified atom stereocenters. The summed E-state index contributed by atoms with van der Waals surface area (Å²) in [4.78, 5) is 4.46. The number of anilines is 1. The average Bonchev–Trinajstić information content (AvgIpc) is 3.07. The first kappa shape index (κ1) is 16.3. The third-order valence-corrected chi connectivity index (χ3v) is 4.42. The highest BCUT2D eigenvalue weighted by atomic mass is 79.9. The van der Waals surface area contributed by atoms with Gasteiger partial charge in [-0.2, -0.15) is 10.4 Å². The first-order valence-electron chi connectivity index (χ1n) is 6.87. The lowest BCUT2D eigenvalue weighted by Gasteiger charge is -2.00. The van der Waals surface area contributed by atoms with Gasteiger partial charge in [-0.15, -0.1) is 11.3 Å². The van der Waals surface area contributed by atoms with Crippen LogP contribution in [0.2, 0.25) is 0 Å². The Balaban J connectivity index is 1.83. The molecule has 0 spiro atoms. The van der Waals surface area contributed by atoms with Crippen molar-refractivity contribution in [1.29, 1.82) is 5.26 Å². The van der Waals surface area contributed by atoms with Crippen LogP contribution < -0.4 is 5.43 Å². The molecule has 2 aromatic carbocycles. The molecule has 0 aliphatic heterocycles. The monoisotopic (exact) mass is 400 g/mol. The van der Waals surface area contributed by atoms with Crippen molar-refractivity contribution < 1.29 is 4.39 Å². The van der Waals surface area contributed by atoms with Crippen molar-refractivity contribution in [3.63, 3.8) is 0 Å². The van der Waals surface area contributed by atoms with Gasteiger partial charge in [-0.1, -0.05) is 28.1 Å². The molecule has 7 heteroatoms. The summed E-state index contributed by atoms with van der Waals surface area (Å²) in [7, 11) is 0. The van der Waals surface area contributed by atoms with Crippen molar-refractivity contribution in [2.24, 2.45) is 5.10 Å². The number of halogens is 2. The van der Waals surface area contributed by atoms with Crippen LogP contribution in [0, 0.1) is 17.1 Å². The molecule has 0 amide bonds. The zero-order valence-electron chi connectivity index (χ0n) is 12.2. The molecule has 3 aromatic rings. The molecule has 0 aliphatic carbocycles. The molecule has 1 heterocycles. The highest BCUT2D eigenvalue weighted by molar-refractivity contribution is 9.10. The number of benzene rings is 2. The van der Waals surface area contributed by atoms with Crippen LogP contribution in [0.1, 0.15) is 5.01 Å². The molecule has 0 fully saturated rings. The van der Waals surface area contributed by atoms with Crippen LogP contribution in [0.5, 0.6) is 0 Å². The van der Waals surface area contributed by atoms with Crippen LogP contribution in [0.4, 0.5) is 10.1 Å². The van der Waals surface area contributed by atoms with Gasteiger partial charge in [0.25, 0.3) is 0 Å². The topological polar surface area (TPSA) is 61.1 Å². The minimum atomic E-state index is -0.330. The summed E-state index contributed by atoms with van der Waals surface area (Å²) >= 11 is 4.77. The number of hydrogen-bond donors (Lipinski definition) is 1. The van der Waals surface area contributed by atoms with Crippen LogP contribution in [-0.4, -0.2) is 10.7 Å². The lowest BCUT2D eigenvalue weighted by molar-refractivity contribution is 0.628. The molecule has 118 valence electrons. The first-order valence-corrected chi connectivity index (χ1v) is 8.54. The number of thiazole rings is 1. The third-order valence-electron chi connectivity index (χ3n) is 3.07. The lowest BCUT2D eigenvalue weighted by atomic mass is 10.2. The Labute approximate surface area is 150 Å². The van der Waals surface area contributed by atoms with Crippen LogP contribution in [0.15, 0.2) is 63.5 Å². The van der Waals surface area contributed by atoms with E-state index in [-0.39, 0.29) is 11.5 Å². The molecule has 0 bridgehead atoms. The van der Waals surface area contributed by atoms with E-state index in [9.17, 15) is 9.65 Å². The summed E-state index contributed by atoms with van der Waals surface area (Å²) < 4.78 is 13.8. The Hall–Kier alpha value is -2.56. The maximum Gasteiger partial charge on any atom is 0.196 e. The Morgan fingerprint density at radius 1 is 1.25 bits per heavy atom. The Morgan fingerprint density at radius 2 is 2.04 bits per heavy atom. The third kappa shape index (κ3) is 3.85. The standard InChI is InChI=1S/C17H10BrFN4S/c18-12-3-1-2-11(8-12)16-10-24-17(21-16)15(9-20)23-22-14-6-4-13(19)5-7-14/h1-8,10,22H/b23-15+. The van der Waals surface area contributed by atoms with Crippen molar-refractivity contribution in [2.45, 2.75) is 0 Å². The minimum Gasteiger partial charge on any atom is -0.277 e. The summed E-state index contributed by atoms with van der Waals surface area (Å²) in [5, 5.41) is 15.8. The molecule has 0 aliphatic rings. The number of hydrogen-bond acceptors (Lipinski definition) is 5. The van der Waals surface area contributed by atoms with E-state index in [1.165, 1.54) is 23.5 Å². The summed E-state index contributed by atoms with van der Waals surface area (Å²) in [6, 6.07) is 15.5. The lowest BCUT2D eigenvalue weighted by Crippen LogP contribution is -2.01. The zero-order valence-corrected chi connectivity index (χ0v) is 14.6.